The molecular weight excluding hydrogens is 312 g/mol. The number of carbonyl (C=O) groups excluding carboxylic acids is 1. The Balaban J connectivity index is 2.33. The van der Waals surface area contributed by atoms with Gasteiger partial charge in [0.25, 0.3) is 5.91 Å². The summed E-state index contributed by atoms with van der Waals surface area (Å²) in [6.45, 7) is 2.04. The molecule has 1 aromatic rings. The number of hydrogen-bond acceptors (Lipinski definition) is 3. The maximum Gasteiger partial charge on any atom is 0.329 e. The number of anilines is 1. The number of carbonyl (C=O) groups is 2. The number of nitrogens with zero attached hydrogens (tertiary/aromatic N) is 1. The molecule has 6 heteroatoms. The second-order valence-corrected chi connectivity index (χ2v) is 5.73. The highest BCUT2D eigenvalue weighted by atomic mass is 79.9. The summed E-state index contributed by atoms with van der Waals surface area (Å²) < 4.78 is 0.714. The molecule has 1 heterocycles. The Kier molecular flexibility index (Phi) is 3.54. The fraction of sp³-hybridized carbons (Fsp3) is 0.385. The van der Waals surface area contributed by atoms with Crippen molar-refractivity contribution in [2.75, 3.05) is 12.3 Å². The van der Waals surface area contributed by atoms with Crippen LogP contribution in [0.25, 0.3) is 0 Å². The quantitative estimate of drug-likeness (QED) is 0.815. The fourth-order valence-electron chi connectivity index (χ4n) is 2.34. The Morgan fingerprint density at radius 1 is 1.47 bits per heavy atom. The minimum atomic E-state index is -1.13. The highest BCUT2D eigenvalue weighted by molar-refractivity contribution is 9.10. The Bertz CT molecular complexity index is 547. The third kappa shape index (κ3) is 2.32. The van der Waals surface area contributed by atoms with Gasteiger partial charge in [-0.3, -0.25) is 4.79 Å². The number of rotatable bonds is 2. The van der Waals surface area contributed by atoms with E-state index in [4.69, 9.17) is 5.73 Å². The molecule has 1 fully saturated rings. The molecule has 0 radical (unpaired) electrons. The van der Waals surface area contributed by atoms with Crippen LogP contribution in [0, 0.1) is 0 Å². The van der Waals surface area contributed by atoms with Gasteiger partial charge in [-0.25, -0.2) is 4.79 Å². The van der Waals surface area contributed by atoms with Gasteiger partial charge in [0.15, 0.2) is 0 Å². The van der Waals surface area contributed by atoms with Crippen molar-refractivity contribution < 1.29 is 14.7 Å². The zero-order chi connectivity index (χ0) is 14.2. The minimum absolute atomic E-state index is 0.290. The van der Waals surface area contributed by atoms with Crippen LogP contribution < -0.4 is 5.73 Å². The lowest BCUT2D eigenvalue weighted by Gasteiger charge is -2.31. The van der Waals surface area contributed by atoms with Crippen molar-refractivity contribution in [1.29, 1.82) is 0 Å². The van der Waals surface area contributed by atoms with Crippen LogP contribution in [0.2, 0.25) is 0 Å². The molecule has 1 atom stereocenters. The molecule has 0 saturated carbocycles. The largest absolute Gasteiger partial charge is 0.480 e. The lowest BCUT2D eigenvalue weighted by molar-refractivity contribution is -0.147. The Labute approximate surface area is 119 Å². The van der Waals surface area contributed by atoms with Crippen molar-refractivity contribution in [3.05, 3.63) is 28.2 Å². The van der Waals surface area contributed by atoms with Crippen LogP contribution in [0.4, 0.5) is 5.69 Å². The first-order chi connectivity index (χ1) is 8.86. The van der Waals surface area contributed by atoms with Crippen molar-refractivity contribution in [2.45, 2.75) is 25.3 Å². The molecule has 102 valence electrons. The molecule has 3 N–H and O–H groups in total. The van der Waals surface area contributed by atoms with E-state index in [9.17, 15) is 14.7 Å². The van der Waals surface area contributed by atoms with E-state index in [1.807, 2.05) is 0 Å². The van der Waals surface area contributed by atoms with Gasteiger partial charge in [0, 0.05) is 22.3 Å². The molecule has 0 spiro atoms. The molecule has 1 aliphatic heterocycles. The summed E-state index contributed by atoms with van der Waals surface area (Å²) in [6.07, 6.45) is 1.17. The summed E-state index contributed by atoms with van der Waals surface area (Å²) in [4.78, 5) is 25.2. The zero-order valence-corrected chi connectivity index (χ0v) is 12.1. The van der Waals surface area contributed by atoms with Gasteiger partial charge in [-0.05, 0) is 53.9 Å². The normalized spacial score (nSPS) is 22.5. The number of halogens is 1. The number of amides is 1. The van der Waals surface area contributed by atoms with Crippen LogP contribution in [0.3, 0.4) is 0 Å². The van der Waals surface area contributed by atoms with E-state index < -0.39 is 11.5 Å². The van der Waals surface area contributed by atoms with E-state index >= 15 is 0 Å². The van der Waals surface area contributed by atoms with Crippen molar-refractivity contribution >= 4 is 33.5 Å². The summed E-state index contributed by atoms with van der Waals surface area (Å²) in [5.41, 5.74) is 5.50. The van der Waals surface area contributed by atoms with Gasteiger partial charge in [0.05, 0.1) is 0 Å². The number of carboxylic acids is 1. The minimum Gasteiger partial charge on any atom is -0.480 e. The second-order valence-electron chi connectivity index (χ2n) is 4.88. The van der Waals surface area contributed by atoms with Crippen LogP contribution >= 0.6 is 15.9 Å². The number of nitrogen functional groups attached to an aromatic ring is 1. The summed E-state index contributed by atoms with van der Waals surface area (Å²) in [5.74, 6) is -1.26. The van der Waals surface area contributed by atoms with E-state index in [-0.39, 0.29) is 5.91 Å². The summed E-state index contributed by atoms with van der Waals surface area (Å²) in [5, 5.41) is 9.31. The van der Waals surface area contributed by atoms with Gasteiger partial charge in [-0.1, -0.05) is 0 Å². The average molecular weight is 327 g/mol. The van der Waals surface area contributed by atoms with Gasteiger partial charge in [-0.2, -0.15) is 0 Å². The van der Waals surface area contributed by atoms with Crippen LogP contribution in [0.5, 0.6) is 0 Å². The number of nitrogens with two attached hydrogens (primary N) is 1. The second kappa shape index (κ2) is 4.85. The van der Waals surface area contributed by atoms with Crippen LogP contribution in [-0.4, -0.2) is 34.0 Å². The van der Waals surface area contributed by atoms with E-state index in [1.54, 1.807) is 25.1 Å². The van der Waals surface area contributed by atoms with E-state index in [0.717, 1.165) is 0 Å². The first kappa shape index (κ1) is 13.9. The number of benzene rings is 1. The Morgan fingerprint density at radius 2 is 2.16 bits per heavy atom. The fourth-order valence-corrected chi connectivity index (χ4v) is 2.59. The van der Waals surface area contributed by atoms with Gasteiger partial charge >= 0.3 is 5.97 Å². The molecule has 1 aromatic carbocycles. The summed E-state index contributed by atoms with van der Waals surface area (Å²) >= 11 is 3.26. The molecule has 1 unspecified atom stereocenters. The topological polar surface area (TPSA) is 83.6 Å². The number of hydrogen-bond donors (Lipinski definition) is 2. The van der Waals surface area contributed by atoms with Crippen LogP contribution in [0.15, 0.2) is 22.7 Å². The SMILES string of the molecule is CC1(C(=O)O)CCCN1C(=O)c1ccc(Br)c(N)c1. The average Bonchev–Trinajstić information content (AvgIpc) is 2.75. The number of carboxylic acid groups (broad SMARTS) is 1. The highest BCUT2D eigenvalue weighted by Gasteiger charge is 2.46. The smallest absolute Gasteiger partial charge is 0.329 e. The molecule has 1 amide bonds. The third-order valence-corrected chi connectivity index (χ3v) is 4.31. The van der Waals surface area contributed by atoms with Crippen molar-refractivity contribution in [3.63, 3.8) is 0 Å². The molecule has 0 aliphatic carbocycles. The van der Waals surface area contributed by atoms with Gasteiger partial charge < -0.3 is 15.7 Å². The standard InChI is InChI=1S/C13H15BrN2O3/c1-13(12(18)19)5-2-6-16(13)11(17)8-3-4-9(14)10(15)7-8/h3-4,7H,2,5-6,15H2,1H3,(H,18,19). The molecule has 2 rings (SSSR count). The molecule has 1 aliphatic rings. The lowest BCUT2D eigenvalue weighted by atomic mass is 9.98. The van der Waals surface area contributed by atoms with Crippen molar-refractivity contribution in [1.82, 2.24) is 4.90 Å². The predicted octanol–water partition coefficient (Wildman–Crippen LogP) is 2.11. The third-order valence-electron chi connectivity index (χ3n) is 3.59. The van der Waals surface area contributed by atoms with Crippen molar-refractivity contribution in [2.24, 2.45) is 0 Å². The predicted molar refractivity (Wildman–Crippen MR) is 74.9 cm³/mol. The van der Waals surface area contributed by atoms with Gasteiger partial charge in [-0.15, -0.1) is 0 Å². The van der Waals surface area contributed by atoms with Gasteiger partial charge in [0.1, 0.15) is 5.54 Å². The maximum atomic E-state index is 12.4. The van der Waals surface area contributed by atoms with Crippen LogP contribution in [0.1, 0.15) is 30.1 Å². The molecular formula is C13H15BrN2O3. The van der Waals surface area contributed by atoms with Crippen LogP contribution in [-0.2, 0) is 4.79 Å². The summed E-state index contributed by atoms with van der Waals surface area (Å²) in [7, 11) is 0. The number of likely N-dealkylation sites (tertiary alicyclic amines) is 1. The molecule has 0 aromatic heterocycles. The Morgan fingerprint density at radius 3 is 2.74 bits per heavy atom. The molecule has 0 bridgehead atoms. The van der Waals surface area contributed by atoms with E-state index in [2.05, 4.69) is 15.9 Å². The molecule has 5 nitrogen and oxygen atoms in total. The number of aliphatic carboxylic acids is 1. The first-order valence-corrected chi connectivity index (χ1v) is 6.76. The van der Waals surface area contributed by atoms with E-state index in [0.29, 0.717) is 35.1 Å². The monoisotopic (exact) mass is 326 g/mol. The first-order valence-electron chi connectivity index (χ1n) is 5.96. The van der Waals surface area contributed by atoms with E-state index in [1.165, 1.54) is 4.90 Å². The van der Waals surface area contributed by atoms with Gasteiger partial charge in [0.2, 0.25) is 0 Å². The molecule has 19 heavy (non-hydrogen) atoms. The molecule has 1 saturated heterocycles. The van der Waals surface area contributed by atoms with Crippen molar-refractivity contribution in [3.8, 4) is 0 Å². The lowest BCUT2D eigenvalue weighted by Crippen LogP contribution is -2.50. The highest BCUT2D eigenvalue weighted by Crippen LogP contribution is 2.31. The maximum absolute atomic E-state index is 12.4. The Hall–Kier alpha value is -1.56. The summed E-state index contributed by atoms with van der Waals surface area (Å²) in [6, 6.07) is 4.90. The zero-order valence-electron chi connectivity index (χ0n) is 10.5.